The summed E-state index contributed by atoms with van der Waals surface area (Å²) in [6.45, 7) is 2.12. The fourth-order valence-corrected chi connectivity index (χ4v) is 4.04. The van der Waals surface area contributed by atoms with E-state index in [-0.39, 0.29) is 18.5 Å². The fraction of sp³-hybridized carbons (Fsp3) is 0.286. The molecule has 0 bridgehead atoms. The van der Waals surface area contributed by atoms with Crippen molar-refractivity contribution < 1.29 is 23.4 Å². The largest absolute Gasteiger partial charge is 0.493 e. The maximum absolute atomic E-state index is 13.3. The summed E-state index contributed by atoms with van der Waals surface area (Å²) >= 11 is 0. The lowest BCUT2D eigenvalue weighted by molar-refractivity contribution is 0.0946. The van der Waals surface area contributed by atoms with E-state index in [0.717, 1.165) is 46.4 Å². The highest BCUT2D eigenvalue weighted by Crippen LogP contribution is 2.43. The van der Waals surface area contributed by atoms with Crippen molar-refractivity contribution in [2.75, 3.05) is 13.9 Å². The molecule has 3 aromatic rings. The number of Topliss-reactive ketones (excluding diaryl/α,β-unsaturated/α-hetero) is 1. The third-order valence-corrected chi connectivity index (χ3v) is 5.28. The molecule has 1 aliphatic heterocycles. The van der Waals surface area contributed by atoms with Gasteiger partial charge in [-0.1, -0.05) is 6.07 Å². The molecule has 5 nitrogen and oxygen atoms in total. The second-order valence-corrected chi connectivity index (χ2v) is 6.78. The summed E-state index contributed by atoms with van der Waals surface area (Å²) in [5.74, 6) is 2.79. The minimum atomic E-state index is -0.201. The number of carbonyl (C=O) groups excluding carboxylic acids is 1. The van der Waals surface area contributed by atoms with Gasteiger partial charge >= 0.3 is 0 Å². The van der Waals surface area contributed by atoms with Gasteiger partial charge in [0.25, 0.3) is 0 Å². The molecule has 26 heavy (non-hydrogen) atoms. The van der Waals surface area contributed by atoms with Gasteiger partial charge in [0.15, 0.2) is 28.6 Å². The molecule has 2 aliphatic rings. The summed E-state index contributed by atoms with van der Waals surface area (Å²) in [4.78, 5) is 13.3. The Morgan fingerprint density at radius 3 is 2.73 bits per heavy atom. The van der Waals surface area contributed by atoms with Gasteiger partial charge in [-0.25, -0.2) is 0 Å². The van der Waals surface area contributed by atoms with Gasteiger partial charge in [0.2, 0.25) is 6.79 Å². The zero-order chi connectivity index (χ0) is 17.8. The average Bonchev–Trinajstić information content (AvgIpc) is 3.25. The molecular weight excluding hydrogens is 332 g/mol. The van der Waals surface area contributed by atoms with Crippen molar-refractivity contribution in [3.8, 4) is 17.2 Å². The van der Waals surface area contributed by atoms with Gasteiger partial charge in [0, 0.05) is 16.9 Å². The number of furan rings is 1. The Balaban J connectivity index is 1.62. The van der Waals surface area contributed by atoms with E-state index < -0.39 is 0 Å². The first-order chi connectivity index (χ1) is 12.7. The molecule has 0 saturated carbocycles. The lowest BCUT2D eigenvalue weighted by Gasteiger charge is -2.24. The standard InChI is InChI=1S/C21H18O5/c1-11-7-16-13(5-6-17(23-2)21(16)26-11)14-4-3-12-8-18-19(25-10-24-18)9-15(12)20(14)22/h5-9,14H,3-4,10H2,1-2H3. The van der Waals surface area contributed by atoms with Crippen LogP contribution in [0.25, 0.3) is 11.0 Å². The Morgan fingerprint density at radius 2 is 1.92 bits per heavy atom. The Bertz CT molecular complexity index is 1050. The molecule has 1 aliphatic carbocycles. The molecule has 1 unspecified atom stereocenters. The summed E-state index contributed by atoms with van der Waals surface area (Å²) in [6.07, 6.45) is 1.59. The Kier molecular flexibility index (Phi) is 3.26. The number of benzene rings is 2. The predicted molar refractivity (Wildman–Crippen MR) is 95.5 cm³/mol. The van der Waals surface area contributed by atoms with E-state index in [9.17, 15) is 4.79 Å². The lowest BCUT2D eigenvalue weighted by Crippen LogP contribution is -2.21. The van der Waals surface area contributed by atoms with E-state index in [0.29, 0.717) is 17.1 Å². The first kappa shape index (κ1) is 15.3. The van der Waals surface area contributed by atoms with Crippen molar-refractivity contribution >= 4 is 16.8 Å². The van der Waals surface area contributed by atoms with E-state index in [1.165, 1.54) is 0 Å². The molecular formula is C21H18O5. The normalized spacial score (nSPS) is 18.2. The number of methoxy groups -OCH3 is 1. The minimum Gasteiger partial charge on any atom is -0.493 e. The lowest BCUT2D eigenvalue weighted by atomic mass is 9.78. The van der Waals surface area contributed by atoms with E-state index >= 15 is 0 Å². The van der Waals surface area contributed by atoms with Gasteiger partial charge in [0.1, 0.15) is 5.76 Å². The van der Waals surface area contributed by atoms with Crippen LogP contribution in [0.4, 0.5) is 0 Å². The minimum absolute atomic E-state index is 0.120. The summed E-state index contributed by atoms with van der Waals surface area (Å²) in [7, 11) is 1.62. The van der Waals surface area contributed by atoms with Crippen LogP contribution < -0.4 is 14.2 Å². The quantitative estimate of drug-likeness (QED) is 0.686. The number of fused-ring (bicyclic) bond motifs is 3. The molecule has 0 fully saturated rings. The smallest absolute Gasteiger partial charge is 0.231 e. The number of carbonyl (C=O) groups is 1. The highest BCUT2D eigenvalue weighted by Gasteiger charge is 2.32. The number of hydrogen-bond donors (Lipinski definition) is 0. The van der Waals surface area contributed by atoms with Gasteiger partial charge < -0.3 is 18.6 Å². The van der Waals surface area contributed by atoms with Gasteiger partial charge in [-0.15, -0.1) is 0 Å². The van der Waals surface area contributed by atoms with Gasteiger partial charge in [-0.3, -0.25) is 4.79 Å². The average molecular weight is 350 g/mol. The molecule has 2 aromatic carbocycles. The number of aryl methyl sites for hydroxylation is 2. The van der Waals surface area contributed by atoms with E-state index in [1.807, 2.05) is 37.3 Å². The fourth-order valence-electron chi connectivity index (χ4n) is 4.04. The Hall–Kier alpha value is -2.95. The SMILES string of the molecule is COc1ccc(C2CCc3cc4c(cc3C2=O)OCO4)c2cc(C)oc12. The number of hydrogen-bond acceptors (Lipinski definition) is 5. The van der Waals surface area contributed by atoms with Crippen molar-refractivity contribution in [3.05, 3.63) is 52.8 Å². The molecule has 0 saturated heterocycles. The Labute approximate surface area is 150 Å². The summed E-state index contributed by atoms with van der Waals surface area (Å²) in [5, 5.41) is 0.949. The van der Waals surface area contributed by atoms with E-state index in [4.69, 9.17) is 18.6 Å². The van der Waals surface area contributed by atoms with Crippen molar-refractivity contribution in [2.24, 2.45) is 0 Å². The Morgan fingerprint density at radius 1 is 1.12 bits per heavy atom. The first-order valence-electron chi connectivity index (χ1n) is 8.69. The third kappa shape index (κ3) is 2.13. The molecule has 132 valence electrons. The van der Waals surface area contributed by atoms with Gasteiger partial charge in [-0.2, -0.15) is 0 Å². The molecule has 0 amide bonds. The van der Waals surface area contributed by atoms with Crippen molar-refractivity contribution in [1.29, 1.82) is 0 Å². The topological polar surface area (TPSA) is 57.9 Å². The molecule has 1 aromatic heterocycles. The van der Waals surface area contributed by atoms with Crippen LogP contribution in [0.15, 0.2) is 34.7 Å². The third-order valence-electron chi connectivity index (χ3n) is 5.28. The summed E-state index contributed by atoms with van der Waals surface area (Å²) in [5.41, 5.74) is 3.45. The van der Waals surface area contributed by atoms with Gasteiger partial charge in [0.05, 0.1) is 7.11 Å². The maximum atomic E-state index is 13.3. The van der Waals surface area contributed by atoms with Crippen molar-refractivity contribution in [2.45, 2.75) is 25.7 Å². The van der Waals surface area contributed by atoms with Crippen LogP contribution >= 0.6 is 0 Å². The predicted octanol–water partition coefficient (Wildman–Crippen LogP) is 4.39. The zero-order valence-electron chi connectivity index (χ0n) is 14.6. The van der Waals surface area contributed by atoms with Crippen molar-refractivity contribution in [1.82, 2.24) is 0 Å². The molecule has 0 radical (unpaired) electrons. The highest BCUT2D eigenvalue weighted by molar-refractivity contribution is 6.06. The number of rotatable bonds is 2. The zero-order valence-corrected chi connectivity index (χ0v) is 14.6. The second kappa shape index (κ2) is 5.53. The highest BCUT2D eigenvalue weighted by atomic mass is 16.7. The number of ether oxygens (including phenoxy) is 3. The monoisotopic (exact) mass is 350 g/mol. The molecule has 1 atom stereocenters. The maximum Gasteiger partial charge on any atom is 0.231 e. The van der Waals surface area contributed by atoms with Crippen LogP contribution in [0.1, 0.15) is 39.6 Å². The number of ketones is 1. The van der Waals surface area contributed by atoms with Crippen LogP contribution in [-0.2, 0) is 6.42 Å². The molecule has 5 rings (SSSR count). The summed E-state index contributed by atoms with van der Waals surface area (Å²) in [6, 6.07) is 9.61. The second-order valence-electron chi connectivity index (χ2n) is 6.78. The van der Waals surface area contributed by atoms with Crippen LogP contribution in [0.3, 0.4) is 0 Å². The van der Waals surface area contributed by atoms with Crippen LogP contribution in [0.2, 0.25) is 0 Å². The molecule has 0 N–H and O–H groups in total. The molecule has 5 heteroatoms. The van der Waals surface area contributed by atoms with Crippen LogP contribution in [0, 0.1) is 6.92 Å². The van der Waals surface area contributed by atoms with Gasteiger partial charge in [-0.05, 0) is 55.2 Å². The van der Waals surface area contributed by atoms with Crippen LogP contribution in [-0.4, -0.2) is 19.7 Å². The summed E-state index contributed by atoms with van der Waals surface area (Å²) < 4.78 is 22.1. The molecule has 0 spiro atoms. The van der Waals surface area contributed by atoms with E-state index in [1.54, 1.807) is 7.11 Å². The first-order valence-corrected chi connectivity index (χ1v) is 8.69. The molecule has 2 heterocycles. The van der Waals surface area contributed by atoms with Crippen molar-refractivity contribution in [3.63, 3.8) is 0 Å². The van der Waals surface area contributed by atoms with Crippen LogP contribution in [0.5, 0.6) is 17.2 Å². The van der Waals surface area contributed by atoms with E-state index in [2.05, 4.69) is 0 Å².